The minimum Gasteiger partial charge on any atom is -0.339 e. The van der Waals surface area contributed by atoms with Crippen LogP contribution < -0.4 is 0 Å². The summed E-state index contributed by atoms with van der Waals surface area (Å²) in [6, 6.07) is 10.4. The van der Waals surface area contributed by atoms with E-state index in [0.29, 0.717) is 12.2 Å². The molecule has 0 spiro atoms. The van der Waals surface area contributed by atoms with Gasteiger partial charge >= 0.3 is 0 Å². The number of carbonyl (C=O) groups is 1. The van der Waals surface area contributed by atoms with Crippen molar-refractivity contribution in [3.63, 3.8) is 0 Å². The lowest BCUT2D eigenvalue weighted by Crippen LogP contribution is -2.33. The quantitative estimate of drug-likeness (QED) is 0.741. The first-order valence-electron chi connectivity index (χ1n) is 7.90. The summed E-state index contributed by atoms with van der Waals surface area (Å²) in [6.45, 7) is 2.26. The molecule has 1 aromatic carbocycles. The first kappa shape index (κ1) is 17.1. The molecular weight excluding hydrogens is 290 g/mol. The Morgan fingerprint density at radius 3 is 2.57 bits per heavy atom. The number of aromatic nitrogens is 3. The fourth-order valence-electron chi connectivity index (χ4n) is 2.24. The average Bonchev–Trinajstić information content (AvgIpc) is 3.01. The molecule has 6 nitrogen and oxygen atoms in total. The largest absolute Gasteiger partial charge is 0.339 e. The number of likely N-dealkylation sites (N-methyl/N-ethyl adjacent to an activating group) is 2. The van der Waals surface area contributed by atoms with Crippen LogP contribution >= 0.6 is 0 Å². The van der Waals surface area contributed by atoms with Gasteiger partial charge in [-0.05, 0) is 32.5 Å². The van der Waals surface area contributed by atoms with Crippen LogP contribution in [0.3, 0.4) is 0 Å². The van der Waals surface area contributed by atoms with E-state index in [1.54, 1.807) is 22.8 Å². The van der Waals surface area contributed by atoms with E-state index < -0.39 is 0 Å². The molecule has 0 saturated heterocycles. The smallest absolute Gasteiger partial charge is 0.275 e. The normalized spacial score (nSPS) is 11.0. The van der Waals surface area contributed by atoms with Crippen LogP contribution in [0.5, 0.6) is 0 Å². The summed E-state index contributed by atoms with van der Waals surface area (Å²) in [5.74, 6) is -0.0823. The van der Waals surface area contributed by atoms with Crippen molar-refractivity contribution in [1.82, 2.24) is 24.8 Å². The van der Waals surface area contributed by atoms with Crippen LogP contribution in [0, 0.1) is 0 Å². The van der Waals surface area contributed by atoms with E-state index in [0.717, 1.165) is 25.9 Å². The molecule has 0 radical (unpaired) electrons. The van der Waals surface area contributed by atoms with Crippen LogP contribution in [0.25, 0.3) is 0 Å². The van der Waals surface area contributed by atoms with Gasteiger partial charge in [0.2, 0.25) is 0 Å². The van der Waals surface area contributed by atoms with Gasteiger partial charge in [-0.25, -0.2) is 0 Å². The van der Waals surface area contributed by atoms with E-state index in [9.17, 15) is 4.79 Å². The highest BCUT2D eigenvalue weighted by molar-refractivity contribution is 5.91. The first-order chi connectivity index (χ1) is 11.1. The molecule has 1 aromatic heterocycles. The van der Waals surface area contributed by atoms with E-state index >= 15 is 0 Å². The number of carbonyl (C=O) groups excluding carboxylic acids is 1. The summed E-state index contributed by atoms with van der Waals surface area (Å²) in [5, 5.41) is 8.05. The fraction of sp³-hybridized carbons (Fsp3) is 0.471. The van der Waals surface area contributed by atoms with Crippen molar-refractivity contribution in [3.05, 3.63) is 47.8 Å². The van der Waals surface area contributed by atoms with Crippen molar-refractivity contribution in [2.24, 2.45) is 0 Å². The highest BCUT2D eigenvalue weighted by Crippen LogP contribution is 2.05. The molecule has 0 fully saturated rings. The zero-order valence-corrected chi connectivity index (χ0v) is 14.1. The fourth-order valence-corrected chi connectivity index (χ4v) is 2.24. The number of aryl methyl sites for hydroxylation is 2. The minimum absolute atomic E-state index is 0.0823. The maximum atomic E-state index is 12.3. The van der Waals surface area contributed by atoms with Crippen LogP contribution in [0.1, 0.15) is 22.5 Å². The van der Waals surface area contributed by atoms with Crippen molar-refractivity contribution in [1.29, 1.82) is 0 Å². The SMILES string of the molecule is CN(C)CCN(C)C(=O)c1cn(CCCc2ccccc2)nn1. The Morgan fingerprint density at radius 1 is 1.13 bits per heavy atom. The van der Waals surface area contributed by atoms with Gasteiger partial charge in [0.1, 0.15) is 0 Å². The Morgan fingerprint density at radius 2 is 1.87 bits per heavy atom. The van der Waals surface area contributed by atoms with Crippen LogP contribution in [0.15, 0.2) is 36.5 Å². The molecule has 1 amide bonds. The summed E-state index contributed by atoms with van der Waals surface area (Å²) < 4.78 is 1.75. The van der Waals surface area contributed by atoms with Crippen molar-refractivity contribution >= 4 is 5.91 Å². The van der Waals surface area contributed by atoms with Crippen molar-refractivity contribution in [2.45, 2.75) is 19.4 Å². The Kier molecular flexibility index (Phi) is 6.29. The third-order valence-electron chi connectivity index (χ3n) is 3.68. The van der Waals surface area contributed by atoms with Crippen molar-refractivity contribution in [2.75, 3.05) is 34.2 Å². The van der Waals surface area contributed by atoms with Gasteiger partial charge in [0.05, 0.1) is 6.20 Å². The molecule has 0 bridgehead atoms. The molecular formula is C17H25N5O. The van der Waals surface area contributed by atoms with Crippen LogP contribution in [-0.2, 0) is 13.0 Å². The second-order valence-electron chi connectivity index (χ2n) is 5.99. The van der Waals surface area contributed by atoms with Gasteiger partial charge in [0.25, 0.3) is 5.91 Å². The summed E-state index contributed by atoms with van der Waals surface area (Å²) in [4.78, 5) is 16.0. The molecule has 0 aliphatic heterocycles. The van der Waals surface area contributed by atoms with E-state index in [1.165, 1.54) is 5.56 Å². The van der Waals surface area contributed by atoms with Gasteiger partial charge in [-0.15, -0.1) is 5.10 Å². The lowest BCUT2D eigenvalue weighted by molar-refractivity contribution is 0.0780. The molecule has 0 saturated carbocycles. The van der Waals surface area contributed by atoms with Gasteiger partial charge in [-0.2, -0.15) is 0 Å². The van der Waals surface area contributed by atoms with E-state index in [1.807, 2.05) is 37.2 Å². The molecule has 0 N–H and O–H groups in total. The number of amides is 1. The third kappa shape index (κ3) is 5.49. The monoisotopic (exact) mass is 315 g/mol. The Hall–Kier alpha value is -2.21. The summed E-state index contributed by atoms with van der Waals surface area (Å²) >= 11 is 0. The van der Waals surface area contributed by atoms with E-state index in [4.69, 9.17) is 0 Å². The minimum atomic E-state index is -0.0823. The van der Waals surface area contributed by atoms with Gasteiger partial charge in [0.15, 0.2) is 5.69 Å². The molecule has 6 heteroatoms. The van der Waals surface area contributed by atoms with Crippen molar-refractivity contribution in [3.8, 4) is 0 Å². The molecule has 2 aromatic rings. The molecule has 1 heterocycles. The molecule has 23 heavy (non-hydrogen) atoms. The number of rotatable bonds is 8. The van der Waals surface area contributed by atoms with Gasteiger partial charge in [0, 0.05) is 26.7 Å². The molecule has 0 atom stereocenters. The van der Waals surface area contributed by atoms with Gasteiger partial charge in [-0.3, -0.25) is 9.48 Å². The van der Waals surface area contributed by atoms with Crippen molar-refractivity contribution < 1.29 is 4.79 Å². The standard InChI is InChI=1S/C17H25N5O/c1-20(2)12-13-21(3)17(23)16-14-22(19-18-16)11-7-10-15-8-5-4-6-9-15/h4-6,8-9,14H,7,10-13H2,1-3H3. The number of benzene rings is 1. The predicted molar refractivity (Wildman–Crippen MR) is 90.3 cm³/mol. The summed E-state index contributed by atoms with van der Waals surface area (Å²) in [5.41, 5.74) is 1.72. The zero-order valence-electron chi connectivity index (χ0n) is 14.1. The third-order valence-corrected chi connectivity index (χ3v) is 3.68. The van der Waals surface area contributed by atoms with Crippen LogP contribution in [0.2, 0.25) is 0 Å². The maximum absolute atomic E-state index is 12.3. The second-order valence-corrected chi connectivity index (χ2v) is 5.99. The van der Waals surface area contributed by atoms with E-state index in [-0.39, 0.29) is 5.91 Å². The van der Waals surface area contributed by atoms with Crippen LogP contribution in [-0.4, -0.2) is 64.9 Å². The zero-order chi connectivity index (χ0) is 16.7. The maximum Gasteiger partial charge on any atom is 0.275 e. The van der Waals surface area contributed by atoms with Gasteiger partial charge < -0.3 is 9.80 Å². The number of nitrogens with zero attached hydrogens (tertiary/aromatic N) is 5. The highest BCUT2D eigenvalue weighted by Gasteiger charge is 2.15. The number of hydrogen-bond acceptors (Lipinski definition) is 4. The summed E-state index contributed by atoms with van der Waals surface area (Å²) in [7, 11) is 5.77. The first-order valence-corrected chi connectivity index (χ1v) is 7.90. The number of hydrogen-bond donors (Lipinski definition) is 0. The van der Waals surface area contributed by atoms with Crippen LogP contribution in [0.4, 0.5) is 0 Å². The molecule has 0 aliphatic carbocycles. The van der Waals surface area contributed by atoms with E-state index in [2.05, 4.69) is 22.4 Å². The average molecular weight is 315 g/mol. The molecule has 0 unspecified atom stereocenters. The predicted octanol–water partition coefficient (Wildman–Crippen LogP) is 1.54. The lowest BCUT2D eigenvalue weighted by Gasteiger charge is -2.18. The Balaban J connectivity index is 1.81. The lowest BCUT2D eigenvalue weighted by atomic mass is 10.1. The summed E-state index contributed by atoms with van der Waals surface area (Å²) in [6.07, 6.45) is 3.70. The Bertz CT molecular complexity index is 608. The molecule has 124 valence electrons. The topological polar surface area (TPSA) is 54.3 Å². The molecule has 2 rings (SSSR count). The second kappa shape index (κ2) is 8.43. The highest BCUT2D eigenvalue weighted by atomic mass is 16.2. The molecule has 0 aliphatic rings. The Labute approximate surface area is 137 Å². The van der Waals surface area contributed by atoms with Gasteiger partial charge in [-0.1, -0.05) is 35.5 Å².